The zero-order valence-corrected chi connectivity index (χ0v) is 18.1. The maximum atomic E-state index is 12.9. The number of carbonyl (C=O) groups excluding carboxylic acids is 1. The molecule has 0 atom stereocenters. The third-order valence-corrected chi connectivity index (χ3v) is 5.09. The Morgan fingerprint density at radius 1 is 0.812 bits per heavy atom. The number of methoxy groups -OCH3 is 1. The van der Waals surface area contributed by atoms with Crippen LogP contribution in [0.15, 0.2) is 84.9 Å². The minimum absolute atomic E-state index is 0.232. The third kappa shape index (κ3) is 4.83. The van der Waals surface area contributed by atoms with Crippen LogP contribution in [-0.2, 0) is 6.61 Å². The van der Waals surface area contributed by atoms with E-state index in [1.54, 1.807) is 37.4 Å². The summed E-state index contributed by atoms with van der Waals surface area (Å²) in [5.74, 6) is 1.83. The fraction of sp³-hybridized carbons (Fsp3) is 0.148. The molecule has 32 heavy (non-hydrogen) atoms. The van der Waals surface area contributed by atoms with Gasteiger partial charge in [0.05, 0.1) is 19.4 Å². The van der Waals surface area contributed by atoms with Crippen LogP contribution in [0, 0.1) is 0 Å². The number of carbonyl (C=O) groups is 1. The van der Waals surface area contributed by atoms with E-state index in [9.17, 15) is 4.79 Å². The minimum atomic E-state index is -0.232. The summed E-state index contributed by atoms with van der Waals surface area (Å²) in [6.07, 6.45) is 0. The predicted molar refractivity (Wildman–Crippen MR) is 127 cm³/mol. The van der Waals surface area contributed by atoms with Crippen LogP contribution in [0.3, 0.4) is 0 Å². The van der Waals surface area contributed by atoms with Gasteiger partial charge in [-0.3, -0.25) is 4.79 Å². The van der Waals surface area contributed by atoms with Gasteiger partial charge in [-0.1, -0.05) is 42.5 Å². The lowest BCUT2D eigenvalue weighted by Crippen LogP contribution is -2.13. The van der Waals surface area contributed by atoms with Gasteiger partial charge in [-0.2, -0.15) is 0 Å². The first kappa shape index (κ1) is 21.2. The van der Waals surface area contributed by atoms with Gasteiger partial charge in [0.1, 0.15) is 23.9 Å². The van der Waals surface area contributed by atoms with Crippen LogP contribution in [0.1, 0.15) is 22.8 Å². The quantitative estimate of drug-likeness (QED) is 0.370. The van der Waals surface area contributed by atoms with Crippen molar-refractivity contribution >= 4 is 22.4 Å². The highest BCUT2D eigenvalue weighted by Crippen LogP contribution is 2.27. The Kier molecular flexibility index (Phi) is 6.56. The molecule has 0 radical (unpaired) electrons. The molecular formula is C27H25NO4. The monoisotopic (exact) mass is 427 g/mol. The SMILES string of the molecule is CCOc1ccc(C(=O)Nc2ccccc2OC)cc1COc1ccc2ccccc2c1. The van der Waals surface area contributed by atoms with Gasteiger partial charge in [0.25, 0.3) is 5.91 Å². The predicted octanol–water partition coefficient (Wildman–Crippen LogP) is 6.08. The first-order chi connectivity index (χ1) is 15.7. The number of ether oxygens (including phenoxy) is 3. The van der Waals surface area contributed by atoms with Gasteiger partial charge in [-0.25, -0.2) is 0 Å². The van der Waals surface area contributed by atoms with Crippen molar-refractivity contribution in [2.45, 2.75) is 13.5 Å². The maximum absolute atomic E-state index is 12.9. The fourth-order valence-corrected chi connectivity index (χ4v) is 3.49. The summed E-state index contributed by atoms with van der Waals surface area (Å²) in [7, 11) is 1.57. The summed E-state index contributed by atoms with van der Waals surface area (Å²) in [4.78, 5) is 12.9. The number of amides is 1. The molecule has 0 aromatic heterocycles. The smallest absolute Gasteiger partial charge is 0.255 e. The Balaban J connectivity index is 1.54. The van der Waals surface area contributed by atoms with Gasteiger partial charge in [0, 0.05) is 11.1 Å². The summed E-state index contributed by atoms with van der Waals surface area (Å²) in [5.41, 5.74) is 1.92. The molecule has 0 unspecified atom stereocenters. The van der Waals surface area contributed by atoms with E-state index in [0.29, 0.717) is 29.4 Å². The molecule has 0 saturated carbocycles. The highest BCUT2D eigenvalue weighted by atomic mass is 16.5. The highest BCUT2D eigenvalue weighted by Gasteiger charge is 2.13. The zero-order valence-electron chi connectivity index (χ0n) is 18.1. The number of nitrogens with one attached hydrogen (secondary N) is 1. The Hall–Kier alpha value is -3.99. The van der Waals surface area contributed by atoms with Crippen molar-refractivity contribution in [2.75, 3.05) is 19.0 Å². The standard InChI is InChI=1S/C27H25NO4/c1-3-31-25-15-13-21(27(29)28-24-10-6-7-11-26(24)30-2)16-22(25)18-32-23-14-12-19-8-4-5-9-20(19)17-23/h4-17H,3,18H2,1-2H3,(H,28,29). The van der Waals surface area contributed by atoms with Gasteiger partial charge in [-0.15, -0.1) is 0 Å². The van der Waals surface area contributed by atoms with Crippen molar-refractivity contribution in [3.63, 3.8) is 0 Å². The van der Waals surface area contributed by atoms with E-state index in [0.717, 1.165) is 22.1 Å². The van der Waals surface area contributed by atoms with Crippen LogP contribution in [0.25, 0.3) is 10.8 Å². The molecule has 4 aromatic rings. The average Bonchev–Trinajstić information content (AvgIpc) is 2.83. The summed E-state index contributed by atoms with van der Waals surface area (Å²) < 4.78 is 17.1. The normalized spacial score (nSPS) is 10.6. The number of para-hydroxylation sites is 2. The second-order valence-corrected chi connectivity index (χ2v) is 7.21. The summed E-state index contributed by atoms with van der Waals surface area (Å²) in [6.45, 7) is 2.73. The molecule has 0 aliphatic heterocycles. The number of hydrogen-bond acceptors (Lipinski definition) is 4. The Labute approximate surface area is 187 Å². The highest BCUT2D eigenvalue weighted by molar-refractivity contribution is 6.05. The van der Waals surface area contributed by atoms with Crippen LogP contribution in [0.4, 0.5) is 5.69 Å². The number of benzene rings is 4. The molecule has 1 N–H and O–H groups in total. The van der Waals surface area contributed by atoms with E-state index in [1.165, 1.54) is 0 Å². The lowest BCUT2D eigenvalue weighted by molar-refractivity contribution is 0.102. The molecule has 4 aromatic carbocycles. The van der Waals surface area contributed by atoms with E-state index < -0.39 is 0 Å². The average molecular weight is 428 g/mol. The van der Waals surface area contributed by atoms with Gasteiger partial charge in [-0.05, 0) is 60.2 Å². The van der Waals surface area contributed by atoms with Crippen LogP contribution in [0.2, 0.25) is 0 Å². The molecular weight excluding hydrogens is 402 g/mol. The van der Waals surface area contributed by atoms with Crippen LogP contribution in [0.5, 0.6) is 17.2 Å². The van der Waals surface area contributed by atoms with Crippen molar-refractivity contribution in [1.82, 2.24) is 0 Å². The number of rotatable bonds is 8. The van der Waals surface area contributed by atoms with E-state index in [2.05, 4.69) is 17.4 Å². The van der Waals surface area contributed by atoms with Crippen LogP contribution >= 0.6 is 0 Å². The number of fused-ring (bicyclic) bond motifs is 1. The van der Waals surface area contributed by atoms with Gasteiger partial charge in [0.2, 0.25) is 0 Å². The molecule has 5 heteroatoms. The van der Waals surface area contributed by atoms with Gasteiger partial charge in [0.15, 0.2) is 0 Å². The molecule has 0 aliphatic carbocycles. The third-order valence-electron chi connectivity index (χ3n) is 5.09. The second kappa shape index (κ2) is 9.88. The molecule has 5 nitrogen and oxygen atoms in total. The molecule has 4 rings (SSSR count). The molecule has 0 bridgehead atoms. The Bertz CT molecular complexity index is 1240. The summed E-state index contributed by atoms with van der Waals surface area (Å²) in [6, 6.07) is 26.8. The fourth-order valence-electron chi connectivity index (χ4n) is 3.49. The van der Waals surface area contributed by atoms with Crippen LogP contribution in [-0.4, -0.2) is 19.6 Å². The first-order valence-corrected chi connectivity index (χ1v) is 10.5. The first-order valence-electron chi connectivity index (χ1n) is 10.5. The topological polar surface area (TPSA) is 56.8 Å². The van der Waals surface area contributed by atoms with Crippen molar-refractivity contribution in [2.24, 2.45) is 0 Å². The van der Waals surface area contributed by atoms with Crippen molar-refractivity contribution in [3.8, 4) is 17.2 Å². The van der Waals surface area contributed by atoms with Gasteiger partial charge < -0.3 is 19.5 Å². The molecule has 162 valence electrons. The number of hydrogen-bond donors (Lipinski definition) is 1. The number of anilines is 1. The Morgan fingerprint density at radius 2 is 1.59 bits per heavy atom. The largest absolute Gasteiger partial charge is 0.495 e. The van der Waals surface area contributed by atoms with Crippen molar-refractivity contribution < 1.29 is 19.0 Å². The molecule has 0 saturated heterocycles. The van der Waals surface area contributed by atoms with E-state index in [1.807, 2.05) is 49.4 Å². The Morgan fingerprint density at radius 3 is 2.41 bits per heavy atom. The molecule has 0 aliphatic rings. The lowest BCUT2D eigenvalue weighted by atomic mass is 10.1. The van der Waals surface area contributed by atoms with Gasteiger partial charge >= 0.3 is 0 Å². The molecule has 1 amide bonds. The minimum Gasteiger partial charge on any atom is -0.495 e. The van der Waals surface area contributed by atoms with E-state index in [4.69, 9.17) is 14.2 Å². The lowest BCUT2D eigenvalue weighted by Gasteiger charge is -2.14. The molecule has 0 spiro atoms. The van der Waals surface area contributed by atoms with E-state index in [-0.39, 0.29) is 12.5 Å². The van der Waals surface area contributed by atoms with Crippen LogP contribution < -0.4 is 19.5 Å². The maximum Gasteiger partial charge on any atom is 0.255 e. The van der Waals surface area contributed by atoms with Crippen molar-refractivity contribution in [1.29, 1.82) is 0 Å². The van der Waals surface area contributed by atoms with E-state index >= 15 is 0 Å². The second-order valence-electron chi connectivity index (χ2n) is 7.21. The zero-order chi connectivity index (χ0) is 22.3. The van der Waals surface area contributed by atoms with Crippen molar-refractivity contribution in [3.05, 3.63) is 96.1 Å². The molecule has 0 fully saturated rings. The molecule has 0 heterocycles. The summed E-state index contributed by atoms with van der Waals surface area (Å²) >= 11 is 0. The summed E-state index contributed by atoms with van der Waals surface area (Å²) in [5, 5.41) is 5.17.